The molecule has 0 aliphatic carbocycles. The van der Waals surface area contributed by atoms with E-state index in [2.05, 4.69) is 40.9 Å². The van der Waals surface area contributed by atoms with Crippen molar-refractivity contribution >= 4 is 24.9 Å². The van der Waals surface area contributed by atoms with Crippen LogP contribution in [0, 0.1) is 0 Å². The SMILES string of the molecule is CC[Si](CC)(CC)CCC[N+](C)(C)CCOC(=O)c1ccc2ccccc2[n+]1C.[I-].[I-]. The van der Waals surface area contributed by atoms with Gasteiger partial charge in [-0.3, -0.25) is 0 Å². The summed E-state index contributed by atoms with van der Waals surface area (Å²) in [6, 6.07) is 17.5. The summed E-state index contributed by atoms with van der Waals surface area (Å²) in [6.07, 6.45) is 1.28. The number of nitrogens with zero attached hydrogens (tertiary/aromatic N) is 2. The van der Waals surface area contributed by atoms with Crippen LogP contribution in [0.1, 0.15) is 37.7 Å². The number of aryl methyl sites for hydroxylation is 1. The molecule has 0 unspecified atom stereocenters. The second kappa shape index (κ2) is 14.1. The Hall–Kier alpha value is -0.263. The number of ether oxygens (including phenoxy) is 1. The predicted octanol–water partition coefficient (Wildman–Crippen LogP) is -1.20. The van der Waals surface area contributed by atoms with Gasteiger partial charge in [0.25, 0.3) is 5.69 Å². The highest BCUT2D eigenvalue weighted by atomic mass is 127. The normalized spacial score (nSPS) is 11.5. The van der Waals surface area contributed by atoms with E-state index >= 15 is 0 Å². The molecule has 0 N–H and O–H groups in total. The number of quaternary nitrogens is 1. The fourth-order valence-corrected chi connectivity index (χ4v) is 7.75. The first kappa shape index (κ1) is 30.7. The lowest BCUT2D eigenvalue weighted by Crippen LogP contribution is -3.00. The van der Waals surface area contributed by atoms with Crippen molar-refractivity contribution in [3.8, 4) is 0 Å². The van der Waals surface area contributed by atoms with E-state index in [4.69, 9.17) is 4.74 Å². The zero-order valence-corrected chi connectivity index (χ0v) is 25.4. The summed E-state index contributed by atoms with van der Waals surface area (Å²) in [7, 11) is 5.38. The van der Waals surface area contributed by atoms with Gasteiger partial charge in [-0.25, -0.2) is 4.79 Å². The molecule has 2 aromatic rings. The van der Waals surface area contributed by atoms with Crippen LogP contribution < -0.4 is 52.5 Å². The number of halogens is 2. The third-order valence-corrected chi connectivity index (χ3v) is 12.9. The predicted molar refractivity (Wildman–Crippen MR) is 124 cm³/mol. The summed E-state index contributed by atoms with van der Waals surface area (Å²) in [5, 5.41) is 1.12. The zero-order valence-electron chi connectivity index (χ0n) is 20.1. The third-order valence-electron chi connectivity index (χ3n) is 6.94. The van der Waals surface area contributed by atoms with Gasteiger partial charge in [-0.05, 0) is 18.6 Å². The molecule has 1 heterocycles. The van der Waals surface area contributed by atoms with Crippen LogP contribution in [0.25, 0.3) is 10.9 Å². The van der Waals surface area contributed by atoms with E-state index in [1.165, 1.54) is 30.6 Å². The quantitative estimate of drug-likeness (QED) is 0.0991. The van der Waals surface area contributed by atoms with Crippen molar-refractivity contribution in [3.05, 3.63) is 42.1 Å². The Labute approximate surface area is 224 Å². The monoisotopic (exact) mass is 670 g/mol. The molecule has 0 saturated heterocycles. The van der Waals surface area contributed by atoms with E-state index in [1.54, 1.807) is 0 Å². The molecule has 0 amide bonds. The lowest BCUT2D eigenvalue weighted by Gasteiger charge is -2.33. The average Bonchev–Trinajstić information content (AvgIpc) is 2.72. The summed E-state index contributed by atoms with van der Waals surface area (Å²) in [5.74, 6) is -0.243. The Morgan fingerprint density at radius 1 is 0.968 bits per heavy atom. The topological polar surface area (TPSA) is 30.2 Å². The first-order valence-corrected chi connectivity index (χ1v) is 14.0. The lowest BCUT2D eigenvalue weighted by molar-refractivity contribution is -0.890. The van der Waals surface area contributed by atoms with E-state index < -0.39 is 8.07 Å². The Morgan fingerprint density at radius 3 is 2.19 bits per heavy atom. The summed E-state index contributed by atoms with van der Waals surface area (Å²) in [4.78, 5) is 12.6. The van der Waals surface area contributed by atoms with E-state index in [0.717, 1.165) is 28.5 Å². The van der Waals surface area contributed by atoms with Gasteiger partial charge in [-0.15, -0.1) is 0 Å². The van der Waals surface area contributed by atoms with Crippen molar-refractivity contribution in [2.24, 2.45) is 7.05 Å². The summed E-state index contributed by atoms with van der Waals surface area (Å²) >= 11 is 0. The highest BCUT2D eigenvalue weighted by Crippen LogP contribution is 2.26. The third kappa shape index (κ3) is 8.55. The lowest BCUT2D eigenvalue weighted by atomic mass is 10.2. The van der Waals surface area contributed by atoms with Crippen molar-refractivity contribution in [3.63, 3.8) is 0 Å². The number of aromatic nitrogens is 1. The molecule has 0 atom stereocenters. The molecule has 0 radical (unpaired) electrons. The van der Waals surface area contributed by atoms with Crippen LogP contribution in [-0.4, -0.2) is 52.3 Å². The molecule has 1 aromatic heterocycles. The molecule has 2 rings (SSSR count). The number of para-hydroxylation sites is 1. The molecule has 1 aromatic carbocycles. The van der Waals surface area contributed by atoms with Crippen LogP contribution in [0.15, 0.2) is 36.4 Å². The van der Waals surface area contributed by atoms with E-state index in [1.807, 2.05) is 41.9 Å². The van der Waals surface area contributed by atoms with Gasteiger partial charge in [-0.1, -0.05) is 57.1 Å². The molecular formula is C24H40I2N2O2Si. The molecule has 0 saturated carbocycles. The van der Waals surface area contributed by atoms with Gasteiger partial charge in [0.15, 0.2) is 0 Å². The van der Waals surface area contributed by atoms with E-state index in [0.29, 0.717) is 12.3 Å². The molecule has 4 nitrogen and oxygen atoms in total. The van der Waals surface area contributed by atoms with Gasteiger partial charge in [-0.2, -0.15) is 4.57 Å². The number of carbonyl (C=O) groups excluding carboxylic acids is 1. The summed E-state index contributed by atoms with van der Waals surface area (Å²) < 4.78 is 8.46. The molecule has 0 spiro atoms. The molecule has 0 aliphatic heterocycles. The number of esters is 1. The number of rotatable bonds is 11. The standard InChI is InChI=1S/C24H40N2O2Si.2HI/c1-7-29(8-2,9-3)20-12-17-26(5,6)18-19-28-24(27)23-16-15-21-13-10-11-14-22(21)25(23)4;;/h10-11,13-16H,7-9,12,17-20H2,1-6H3;2*1H/q+2;;/p-2. The number of fused-ring (bicyclic) bond motifs is 1. The first-order chi connectivity index (χ1) is 13.8. The fraction of sp³-hybridized carbons (Fsp3) is 0.583. The van der Waals surface area contributed by atoms with Crippen LogP contribution >= 0.6 is 0 Å². The summed E-state index contributed by atoms with van der Waals surface area (Å²) in [5.41, 5.74) is 1.63. The summed E-state index contributed by atoms with van der Waals surface area (Å²) in [6.45, 7) is 9.59. The number of benzene rings is 1. The Morgan fingerprint density at radius 2 is 1.58 bits per heavy atom. The molecule has 31 heavy (non-hydrogen) atoms. The van der Waals surface area contributed by atoms with Gasteiger partial charge in [0.2, 0.25) is 5.52 Å². The van der Waals surface area contributed by atoms with Gasteiger partial charge in [0.1, 0.15) is 20.2 Å². The maximum Gasteiger partial charge on any atom is 0.403 e. The molecule has 176 valence electrons. The largest absolute Gasteiger partial charge is 1.00 e. The van der Waals surface area contributed by atoms with Crippen LogP contribution in [0.3, 0.4) is 0 Å². The molecular weight excluding hydrogens is 630 g/mol. The van der Waals surface area contributed by atoms with Crippen molar-refractivity contribution in [1.29, 1.82) is 0 Å². The van der Waals surface area contributed by atoms with Gasteiger partial charge < -0.3 is 57.2 Å². The molecule has 7 heteroatoms. The van der Waals surface area contributed by atoms with Gasteiger partial charge in [0.05, 0.1) is 28.7 Å². The van der Waals surface area contributed by atoms with Crippen molar-refractivity contribution < 1.29 is 66.5 Å². The first-order valence-electron chi connectivity index (χ1n) is 11.1. The smallest absolute Gasteiger partial charge is 0.403 e. The number of likely N-dealkylation sites (N-methyl/N-ethyl adjacent to an activating group) is 1. The minimum absolute atomic E-state index is 0. The second-order valence-corrected chi connectivity index (χ2v) is 14.6. The molecule has 0 bridgehead atoms. The Balaban J connectivity index is 0.00000450. The van der Waals surface area contributed by atoms with Crippen LogP contribution in [-0.2, 0) is 11.8 Å². The van der Waals surface area contributed by atoms with Gasteiger partial charge >= 0.3 is 5.97 Å². The second-order valence-electron chi connectivity index (χ2n) is 9.02. The van der Waals surface area contributed by atoms with Crippen LogP contribution in [0.2, 0.25) is 24.2 Å². The van der Waals surface area contributed by atoms with E-state index in [9.17, 15) is 4.79 Å². The Kier molecular flexibility index (Phi) is 14.0. The molecule has 0 fully saturated rings. The maximum atomic E-state index is 12.6. The van der Waals surface area contributed by atoms with Crippen molar-refractivity contribution in [2.75, 3.05) is 33.8 Å². The maximum absolute atomic E-state index is 12.6. The van der Waals surface area contributed by atoms with Crippen molar-refractivity contribution in [1.82, 2.24) is 0 Å². The number of hydrogen-bond donors (Lipinski definition) is 0. The average molecular weight is 670 g/mol. The zero-order chi connectivity index (χ0) is 21.5. The number of hydrogen-bond acceptors (Lipinski definition) is 2. The highest BCUT2D eigenvalue weighted by Gasteiger charge is 2.28. The number of pyridine rings is 1. The minimum atomic E-state index is -1.04. The molecule has 0 aliphatic rings. The Bertz CT molecular complexity index is 818. The van der Waals surface area contributed by atoms with Crippen LogP contribution in [0.5, 0.6) is 0 Å². The van der Waals surface area contributed by atoms with Crippen LogP contribution in [0.4, 0.5) is 0 Å². The van der Waals surface area contributed by atoms with Crippen molar-refractivity contribution in [2.45, 2.75) is 51.4 Å². The fourth-order valence-electron chi connectivity index (χ4n) is 4.28. The number of carbonyl (C=O) groups is 1. The van der Waals surface area contributed by atoms with Gasteiger partial charge in [0, 0.05) is 17.5 Å². The highest BCUT2D eigenvalue weighted by molar-refractivity contribution is 6.79. The van der Waals surface area contributed by atoms with E-state index in [-0.39, 0.29) is 53.9 Å². The minimum Gasteiger partial charge on any atom is -1.00 e.